The molecule has 0 fully saturated rings. The maximum atomic E-state index is 11.0. The fraction of sp³-hybridized carbons (Fsp3) is 0. The Labute approximate surface area is 188 Å². The fourth-order valence-electron chi connectivity index (χ4n) is 3.32. The van der Waals surface area contributed by atoms with E-state index in [1.54, 1.807) is 18.2 Å². The van der Waals surface area contributed by atoms with E-state index in [2.05, 4.69) is 10.2 Å². The fourth-order valence-corrected chi connectivity index (χ4v) is 3.32. The van der Waals surface area contributed by atoms with Crippen molar-refractivity contribution in [3.8, 4) is 34.2 Å². The van der Waals surface area contributed by atoms with Gasteiger partial charge >= 0.3 is 0 Å². The van der Waals surface area contributed by atoms with Crippen molar-refractivity contribution in [1.29, 1.82) is 0 Å². The lowest BCUT2D eigenvalue weighted by molar-refractivity contribution is -0.384. The minimum Gasteiger partial charge on any atom is -0.457 e. The Kier molecular flexibility index (Phi) is 5.35. The Balaban J connectivity index is 1.29. The molecule has 160 valence electrons. The zero-order valence-electron chi connectivity index (χ0n) is 17.3. The first-order chi connectivity index (χ1) is 16.2. The van der Waals surface area contributed by atoms with Crippen LogP contribution in [-0.2, 0) is 0 Å². The van der Waals surface area contributed by atoms with Crippen molar-refractivity contribution in [2.24, 2.45) is 0 Å². The SMILES string of the molecule is O=[N+]([O-])c1cccc(-c2ccc(C=Cc3ccc(-c4nnc(-c5ccccc5)o4)cc3)o2)c1. The molecule has 0 amide bonds. The summed E-state index contributed by atoms with van der Waals surface area (Å²) in [4.78, 5) is 10.6. The third-order valence-corrected chi connectivity index (χ3v) is 5.01. The van der Waals surface area contributed by atoms with Crippen molar-refractivity contribution in [2.45, 2.75) is 0 Å². The number of nitro benzene ring substituents is 1. The van der Waals surface area contributed by atoms with E-state index in [0.717, 1.165) is 16.7 Å². The zero-order chi connectivity index (χ0) is 22.6. The van der Waals surface area contributed by atoms with Crippen LogP contribution in [0.25, 0.3) is 46.4 Å². The molecule has 0 radical (unpaired) electrons. The summed E-state index contributed by atoms with van der Waals surface area (Å²) >= 11 is 0. The van der Waals surface area contributed by atoms with Gasteiger partial charge in [0.15, 0.2) is 0 Å². The van der Waals surface area contributed by atoms with Gasteiger partial charge in [0.2, 0.25) is 11.8 Å². The Morgan fingerprint density at radius 3 is 2.12 bits per heavy atom. The molecule has 0 N–H and O–H groups in total. The van der Waals surface area contributed by atoms with Gasteiger partial charge in [-0.1, -0.05) is 48.5 Å². The van der Waals surface area contributed by atoms with Gasteiger partial charge < -0.3 is 8.83 Å². The average molecular weight is 435 g/mol. The van der Waals surface area contributed by atoms with Crippen LogP contribution in [0.4, 0.5) is 5.69 Å². The number of non-ortho nitro benzene ring substituents is 1. The van der Waals surface area contributed by atoms with E-state index in [4.69, 9.17) is 8.83 Å². The standard InChI is InChI=1S/C26H17N3O4/c30-29(31)22-8-4-7-21(17-22)24-16-15-23(32-24)14-11-18-9-12-20(13-10-18)26-28-27-25(33-26)19-5-2-1-3-6-19/h1-17H. The highest BCUT2D eigenvalue weighted by molar-refractivity contribution is 5.71. The number of hydrogen-bond acceptors (Lipinski definition) is 6. The Morgan fingerprint density at radius 2 is 1.39 bits per heavy atom. The summed E-state index contributed by atoms with van der Waals surface area (Å²) in [5.41, 5.74) is 3.35. The van der Waals surface area contributed by atoms with E-state index in [9.17, 15) is 10.1 Å². The number of benzene rings is 3. The van der Waals surface area contributed by atoms with E-state index in [1.807, 2.05) is 72.8 Å². The highest BCUT2D eigenvalue weighted by atomic mass is 16.6. The van der Waals surface area contributed by atoms with Crippen LogP contribution in [0.5, 0.6) is 0 Å². The first kappa shape index (κ1) is 20.1. The number of rotatable bonds is 6. The van der Waals surface area contributed by atoms with Gasteiger partial charge in [-0.2, -0.15) is 0 Å². The molecule has 0 aliphatic rings. The van der Waals surface area contributed by atoms with E-state index in [-0.39, 0.29) is 5.69 Å². The number of furan rings is 1. The van der Waals surface area contributed by atoms with Crippen molar-refractivity contribution in [2.75, 3.05) is 0 Å². The van der Waals surface area contributed by atoms with Crippen LogP contribution in [0.1, 0.15) is 11.3 Å². The van der Waals surface area contributed by atoms with Crippen molar-refractivity contribution < 1.29 is 13.8 Å². The summed E-state index contributed by atoms with van der Waals surface area (Å²) in [5, 5.41) is 19.2. The molecule has 0 spiro atoms. The van der Waals surface area contributed by atoms with Gasteiger partial charge in [0.1, 0.15) is 11.5 Å². The maximum absolute atomic E-state index is 11.0. The Hall–Kier alpha value is -4.78. The molecule has 0 bridgehead atoms. The number of nitro groups is 1. The quantitative estimate of drug-likeness (QED) is 0.216. The maximum Gasteiger partial charge on any atom is 0.270 e. The molecule has 3 aromatic carbocycles. The van der Waals surface area contributed by atoms with Crippen molar-refractivity contribution in [3.63, 3.8) is 0 Å². The topological polar surface area (TPSA) is 95.2 Å². The van der Waals surface area contributed by atoms with Gasteiger partial charge in [0, 0.05) is 28.8 Å². The zero-order valence-corrected chi connectivity index (χ0v) is 17.3. The predicted octanol–water partition coefficient (Wildman–Crippen LogP) is 6.74. The summed E-state index contributed by atoms with van der Waals surface area (Å²) in [6.07, 6.45) is 3.76. The highest BCUT2D eigenvalue weighted by Crippen LogP contribution is 2.27. The largest absolute Gasteiger partial charge is 0.457 e. The molecule has 0 saturated heterocycles. The number of hydrogen-bond donors (Lipinski definition) is 0. The molecule has 0 atom stereocenters. The van der Waals surface area contributed by atoms with Crippen LogP contribution in [0.3, 0.4) is 0 Å². The first-order valence-corrected chi connectivity index (χ1v) is 10.2. The minimum absolute atomic E-state index is 0.0261. The Bertz CT molecular complexity index is 1430. The van der Waals surface area contributed by atoms with E-state index in [1.165, 1.54) is 12.1 Å². The molecule has 5 aromatic rings. The lowest BCUT2D eigenvalue weighted by Crippen LogP contribution is -1.87. The second-order valence-electron chi connectivity index (χ2n) is 7.24. The molecule has 7 nitrogen and oxygen atoms in total. The smallest absolute Gasteiger partial charge is 0.270 e. The Morgan fingerprint density at radius 1 is 0.697 bits per heavy atom. The molecule has 0 unspecified atom stereocenters. The van der Waals surface area contributed by atoms with Crippen LogP contribution in [0.2, 0.25) is 0 Å². The van der Waals surface area contributed by atoms with Gasteiger partial charge in [-0.05, 0) is 48.0 Å². The van der Waals surface area contributed by atoms with Crippen LogP contribution in [0.15, 0.2) is 99.8 Å². The van der Waals surface area contributed by atoms with Crippen molar-refractivity contribution in [3.05, 3.63) is 112 Å². The van der Waals surface area contributed by atoms with Gasteiger partial charge in [-0.15, -0.1) is 10.2 Å². The summed E-state index contributed by atoms with van der Waals surface area (Å²) in [5.74, 6) is 2.15. The lowest BCUT2D eigenvalue weighted by Gasteiger charge is -1.98. The highest BCUT2D eigenvalue weighted by Gasteiger charge is 2.11. The lowest BCUT2D eigenvalue weighted by atomic mass is 10.1. The van der Waals surface area contributed by atoms with Gasteiger partial charge in [0.25, 0.3) is 5.69 Å². The summed E-state index contributed by atoms with van der Waals surface area (Å²) < 4.78 is 11.6. The first-order valence-electron chi connectivity index (χ1n) is 10.2. The average Bonchev–Trinajstić information content (AvgIpc) is 3.54. The summed E-state index contributed by atoms with van der Waals surface area (Å²) in [7, 11) is 0. The molecule has 0 saturated carbocycles. The molecule has 0 aliphatic carbocycles. The van der Waals surface area contributed by atoms with Crippen LogP contribution in [0, 0.1) is 10.1 Å². The molecule has 2 aromatic heterocycles. The molecule has 0 aliphatic heterocycles. The second kappa shape index (κ2) is 8.76. The van der Waals surface area contributed by atoms with E-state index < -0.39 is 4.92 Å². The van der Waals surface area contributed by atoms with E-state index in [0.29, 0.717) is 28.9 Å². The molecular formula is C26H17N3O4. The van der Waals surface area contributed by atoms with Crippen LogP contribution < -0.4 is 0 Å². The number of aromatic nitrogens is 2. The van der Waals surface area contributed by atoms with Gasteiger partial charge in [-0.3, -0.25) is 10.1 Å². The normalized spacial score (nSPS) is 11.2. The van der Waals surface area contributed by atoms with Gasteiger partial charge in [-0.25, -0.2) is 0 Å². The van der Waals surface area contributed by atoms with Crippen LogP contribution >= 0.6 is 0 Å². The monoisotopic (exact) mass is 435 g/mol. The molecular weight excluding hydrogens is 418 g/mol. The second-order valence-corrected chi connectivity index (χ2v) is 7.24. The molecule has 7 heteroatoms. The van der Waals surface area contributed by atoms with E-state index >= 15 is 0 Å². The number of nitrogens with zero attached hydrogens (tertiary/aromatic N) is 3. The van der Waals surface area contributed by atoms with Gasteiger partial charge in [0.05, 0.1) is 4.92 Å². The van der Waals surface area contributed by atoms with Crippen molar-refractivity contribution >= 4 is 17.8 Å². The van der Waals surface area contributed by atoms with Crippen molar-refractivity contribution in [1.82, 2.24) is 10.2 Å². The third-order valence-electron chi connectivity index (χ3n) is 5.01. The summed E-state index contributed by atoms with van der Waals surface area (Å²) in [6, 6.07) is 27.3. The molecule has 5 rings (SSSR count). The molecule has 33 heavy (non-hydrogen) atoms. The summed E-state index contributed by atoms with van der Waals surface area (Å²) in [6.45, 7) is 0. The van der Waals surface area contributed by atoms with Crippen LogP contribution in [-0.4, -0.2) is 15.1 Å². The molecule has 2 heterocycles. The minimum atomic E-state index is -0.423. The third kappa shape index (κ3) is 4.47. The predicted molar refractivity (Wildman–Crippen MR) is 125 cm³/mol.